The second kappa shape index (κ2) is 5.42. The number of rotatable bonds is 1. The van der Waals surface area contributed by atoms with E-state index in [9.17, 15) is 9.59 Å². The highest BCUT2D eigenvalue weighted by atomic mass is 16.7. The maximum absolute atomic E-state index is 11.1. The second-order valence-electron chi connectivity index (χ2n) is 3.08. The fraction of sp³-hybridized carbons (Fsp3) is 0.600. The molecule has 0 aliphatic carbocycles. The zero-order valence-electron chi connectivity index (χ0n) is 8.19. The Balaban J connectivity index is 2.60. The van der Waals surface area contributed by atoms with Crippen LogP contribution in [0.1, 0.15) is 32.6 Å². The zero-order valence-corrected chi connectivity index (χ0v) is 8.19. The van der Waals surface area contributed by atoms with E-state index in [-0.39, 0.29) is 11.9 Å². The van der Waals surface area contributed by atoms with E-state index >= 15 is 0 Å². The summed E-state index contributed by atoms with van der Waals surface area (Å²) >= 11 is 0. The van der Waals surface area contributed by atoms with E-state index in [0.717, 1.165) is 0 Å². The molecule has 1 aliphatic rings. The third-order valence-electron chi connectivity index (χ3n) is 1.86. The average Bonchev–Trinajstić information content (AvgIpc) is 2.18. The first-order valence-corrected chi connectivity index (χ1v) is 4.74. The lowest BCUT2D eigenvalue weighted by Crippen LogP contribution is -2.21. The van der Waals surface area contributed by atoms with Crippen molar-refractivity contribution in [3.05, 3.63) is 12.2 Å². The molecule has 0 saturated carbocycles. The summed E-state index contributed by atoms with van der Waals surface area (Å²) in [6.07, 6.45) is 4.44. The smallest absolute Gasteiger partial charge is 0.309 e. The number of carbonyl (C=O) groups is 2. The zero-order chi connectivity index (χ0) is 10.4. The van der Waals surface area contributed by atoms with Crippen LogP contribution in [0.3, 0.4) is 0 Å². The van der Waals surface area contributed by atoms with Gasteiger partial charge < -0.3 is 9.47 Å². The minimum absolute atomic E-state index is 0.317. The van der Waals surface area contributed by atoms with Gasteiger partial charge >= 0.3 is 11.9 Å². The minimum Gasteiger partial charge on any atom is -0.421 e. The van der Waals surface area contributed by atoms with Crippen LogP contribution >= 0.6 is 0 Å². The molecule has 1 aliphatic heterocycles. The molecule has 0 amide bonds. The standard InChI is InChI=1S/C10H14O4/c1-2-5-10-13-8(11)6-3-4-7-9(12)14-10/h2,5,10H,3-4,6-7H2,1H3/b5-2+. The van der Waals surface area contributed by atoms with Crippen molar-refractivity contribution >= 4 is 11.9 Å². The van der Waals surface area contributed by atoms with Crippen molar-refractivity contribution in [2.45, 2.75) is 38.9 Å². The van der Waals surface area contributed by atoms with Crippen LogP contribution < -0.4 is 0 Å². The van der Waals surface area contributed by atoms with Crippen LogP contribution in [0.4, 0.5) is 0 Å². The van der Waals surface area contributed by atoms with Gasteiger partial charge in [0.15, 0.2) is 0 Å². The van der Waals surface area contributed by atoms with Crippen LogP contribution in [-0.4, -0.2) is 18.2 Å². The Labute approximate surface area is 82.9 Å². The Morgan fingerprint density at radius 1 is 1.14 bits per heavy atom. The van der Waals surface area contributed by atoms with E-state index < -0.39 is 6.29 Å². The summed E-state index contributed by atoms with van der Waals surface area (Å²) in [5.74, 6) is -0.634. The molecule has 0 spiro atoms. The van der Waals surface area contributed by atoms with Crippen molar-refractivity contribution < 1.29 is 19.1 Å². The Morgan fingerprint density at radius 3 is 2.07 bits per heavy atom. The first-order valence-electron chi connectivity index (χ1n) is 4.74. The molecule has 0 bridgehead atoms. The third kappa shape index (κ3) is 3.60. The van der Waals surface area contributed by atoms with Gasteiger partial charge in [-0.15, -0.1) is 0 Å². The van der Waals surface area contributed by atoms with Gasteiger partial charge in [-0.1, -0.05) is 6.08 Å². The van der Waals surface area contributed by atoms with E-state index in [1.807, 2.05) is 0 Å². The van der Waals surface area contributed by atoms with Crippen molar-refractivity contribution in [3.8, 4) is 0 Å². The molecule has 1 saturated heterocycles. The Morgan fingerprint density at radius 2 is 1.64 bits per heavy atom. The molecular weight excluding hydrogens is 184 g/mol. The van der Waals surface area contributed by atoms with E-state index in [4.69, 9.17) is 9.47 Å². The Kier molecular flexibility index (Phi) is 4.16. The van der Waals surface area contributed by atoms with Gasteiger partial charge in [0.1, 0.15) is 0 Å². The summed E-state index contributed by atoms with van der Waals surface area (Å²) in [7, 11) is 0. The highest BCUT2D eigenvalue weighted by molar-refractivity contribution is 5.72. The van der Waals surface area contributed by atoms with E-state index in [0.29, 0.717) is 25.7 Å². The van der Waals surface area contributed by atoms with E-state index in [2.05, 4.69) is 0 Å². The van der Waals surface area contributed by atoms with E-state index in [1.54, 1.807) is 19.1 Å². The fourth-order valence-electron chi connectivity index (χ4n) is 1.18. The number of hydrogen-bond donors (Lipinski definition) is 0. The molecule has 0 aromatic rings. The van der Waals surface area contributed by atoms with Gasteiger partial charge in [-0.25, -0.2) is 0 Å². The molecule has 0 radical (unpaired) electrons. The van der Waals surface area contributed by atoms with Gasteiger partial charge in [0.2, 0.25) is 0 Å². The van der Waals surface area contributed by atoms with Gasteiger partial charge in [-0.2, -0.15) is 0 Å². The van der Waals surface area contributed by atoms with Crippen LogP contribution in [0.15, 0.2) is 12.2 Å². The highest BCUT2D eigenvalue weighted by Gasteiger charge is 2.18. The van der Waals surface area contributed by atoms with Crippen molar-refractivity contribution in [2.24, 2.45) is 0 Å². The largest absolute Gasteiger partial charge is 0.421 e. The molecular formula is C10H14O4. The van der Waals surface area contributed by atoms with Gasteiger partial charge in [0.05, 0.1) is 0 Å². The Hall–Kier alpha value is -1.32. The quantitative estimate of drug-likeness (QED) is 0.474. The fourth-order valence-corrected chi connectivity index (χ4v) is 1.18. The van der Waals surface area contributed by atoms with Gasteiger partial charge in [0, 0.05) is 12.8 Å². The van der Waals surface area contributed by atoms with Gasteiger partial charge in [-0.05, 0) is 25.8 Å². The van der Waals surface area contributed by atoms with E-state index in [1.165, 1.54) is 0 Å². The summed E-state index contributed by atoms with van der Waals surface area (Å²) in [6, 6.07) is 0. The third-order valence-corrected chi connectivity index (χ3v) is 1.86. The predicted octanol–water partition coefficient (Wildman–Crippen LogP) is 1.55. The number of allylic oxidation sites excluding steroid dienone is 1. The summed E-state index contributed by atoms with van der Waals surface area (Å²) in [4.78, 5) is 22.3. The number of carbonyl (C=O) groups excluding carboxylic acids is 2. The molecule has 1 rings (SSSR count). The van der Waals surface area contributed by atoms with Gasteiger partial charge in [-0.3, -0.25) is 9.59 Å². The van der Waals surface area contributed by atoms with Crippen LogP contribution in [0.2, 0.25) is 0 Å². The molecule has 0 aromatic heterocycles. The molecule has 4 heteroatoms. The number of esters is 2. The predicted molar refractivity (Wildman–Crippen MR) is 49.3 cm³/mol. The molecule has 0 aromatic carbocycles. The normalized spacial score (nSPS) is 20.9. The van der Waals surface area contributed by atoms with Crippen molar-refractivity contribution in [1.82, 2.24) is 0 Å². The summed E-state index contributed by atoms with van der Waals surface area (Å²) in [5.41, 5.74) is 0. The van der Waals surface area contributed by atoms with Crippen LogP contribution in [0.25, 0.3) is 0 Å². The first-order chi connectivity index (χ1) is 6.72. The van der Waals surface area contributed by atoms with Gasteiger partial charge in [0.25, 0.3) is 6.29 Å². The van der Waals surface area contributed by atoms with Crippen molar-refractivity contribution in [2.75, 3.05) is 0 Å². The molecule has 0 unspecified atom stereocenters. The molecule has 78 valence electrons. The topological polar surface area (TPSA) is 52.6 Å². The van der Waals surface area contributed by atoms with Crippen molar-refractivity contribution in [3.63, 3.8) is 0 Å². The molecule has 1 heterocycles. The van der Waals surface area contributed by atoms with Crippen molar-refractivity contribution in [1.29, 1.82) is 0 Å². The SMILES string of the molecule is C/C=C/C1OC(=O)CCCCC(=O)O1. The Bertz CT molecular complexity index is 225. The first kappa shape index (κ1) is 10.8. The lowest BCUT2D eigenvalue weighted by atomic mass is 10.2. The number of hydrogen-bond acceptors (Lipinski definition) is 4. The molecule has 1 fully saturated rings. The highest BCUT2D eigenvalue weighted by Crippen LogP contribution is 2.10. The number of cyclic esters (lactones) is 2. The molecule has 14 heavy (non-hydrogen) atoms. The lowest BCUT2D eigenvalue weighted by Gasteiger charge is -2.12. The maximum atomic E-state index is 11.1. The number of ether oxygens (including phenoxy) is 2. The monoisotopic (exact) mass is 198 g/mol. The molecule has 4 nitrogen and oxygen atoms in total. The maximum Gasteiger partial charge on any atom is 0.309 e. The summed E-state index contributed by atoms with van der Waals surface area (Å²) < 4.78 is 9.83. The summed E-state index contributed by atoms with van der Waals surface area (Å²) in [5, 5.41) is 0. The molecule has 0 atom stereocenters. The minimum atomic E-state index is -0.849. The van der Waals surface area contributed by atoms with Crippen LogP contribution in [-0.2, 0) is 19.1 Å². The van der Waals surface area contributed by atoms with Crippen LogP contribution in [0, 0.1) is 0 Å². The average molecular weight is 198 g/mol. The lowest BCUT2D eigenvalue weighted by molar-refractivity contribution is -0.178. The summed E-state index contributed by atoms with van der Waals surface area (Å²) in [6.45, 7) is 1.77. The van der Waals surface area contributed by atoms with Crippen LogP contribution in [0.5, 0.6) is 0 Å². The molecule has 0 N–H and O–H groups in total. The second-order valence-corrected chi connectivity index (χ2v) is 3.08.